The smallest absolute Gasteiger partial charge is 0.120 e. The lowest BCUT2D eigenvalue weighted by Crippen LogP contribution is -2.56. The van der Waals surface area contributed by atoms with E-state index in [-0.39, 0.29) is 0 Å². The highest BCUT2D eigenvalue weighted by molar-refractivity contribution is 5.05. The summed E-state index contributed by atoms with van der Waals surface area (Å²) < 4.78 is 5.55. The molecule has 0 spiro atoms. The molecule has 1 aliphatic rings. The van der Waals surface area contributed by atoms with Crippen molar-refractivity contribution in [2.24, 2.45) is 0 Å². The van der Waals surface area contributed by atoms with Crippen molar-refractivity contribution in [1.82, 2.24) is 10.2 Å². The summed E-state index contributed by atoms with van der Waals surface area (Å²) in [5.41, 5.74) is 0. The van der Waals surface area contributed by atoms with Gasteiger partial charge < -0.3 is 9.73 Å². The first-order valence-electron chi connectivity index (χ1n) is 6.78. The molecular formula is C14H24N2O. The van der Waals surface area contributed by atoms with Gasteiger partial charge in [-0.15, -0.1) is 0 Å². The van der Waals surface area contributed by atoms with Crippen LogP contribution in [0.5, 0.6) is 0 Å². The summed E-state index contributed by atoms with van der Waals surface area (Å²) in [7, 11) is 0. The summed E-state index contributed by atoms with van der Waals surface area (Å²) in [6.45, 7) is 8.98. The minimum absolute atomic E-state index is 0.381. The van der Waals surface area contributed by atoms with Crippen molar-refractivity contribution in [3.8, 4) is 0 Å². The second-order valence-corrected chi connectivity index (χ2v) is 4.96. The zero-order chi connectivity index (χ0) is 12.3. The first kappa shape index (κ1) is 12.7. The number of nitrogens with one attached hydrogen (secondary N) is 1. The third kappa shape index (κ3) is 2.72. The van der Waals surface area contributed by atoms with Crippen LogP contribution in [0.1, 0.15) is 45.4 Å². The zero-order valence-electron chi connectivity index (χ0n) is 11.1. The van der Waals surface area contributed by atoms with E-state index in [2.05, 4.69) is 37.1 Å². The van der Waals surface area contributed by atoms with Crippen LogP contribution in [-0.2, 0) is 0 Å². The molecule has 1 aromatic heterocycles. The highest BCUT2D eigenvalue weighted by Gasteiger charge is 2.30. The fourth-order valence-electron chi connectivity index (χ4n) is 2.71. The Balaban J connectivity index is 2.09. The van der Waals surface area contributed by atoms with Gasteiger partial charge >= 0.3 is 0 Å². The van der Waals surface area contributed by atoms with Crippen LogP contribution in [0.25, 0.3) is 0 Å². The van der Waals surface area contributed by atoms with Gasteiger partial charge in [0.25, 0.3) is 0 Å². The van der Waals surface area contributed by atoms with Crippen LogP contribution in [0.2, 0.25) is 0 Å². The van der Waals surface area contributed by atoms with Gasteiger partial charge in [-0.2, -0.15) is 0 Å². The monoisotopic (exact) mass is 236 g/mol. The van der Waals surface area contributed by atoms with Gasteiger partial charge in [-0.1, -0.05) is 13.8 Å². The average molecular weight is 236 g/mol. The number of hydrogen-bond acceptors (Lipinski definition) is 3. The molecule has 0 amide bonds. The molecule has 1 fully saturated rings. The molecule has 3 atom stereocenters. The normalized spacial score (nSPS) is 28.2. The van der Waals surface area contributed by atoms with Crippen LogP contribution in [-0.4, -0.2) is 30.1 Å². The van der Waals surface area contributed by atoms with Gasteiger partial charge in [0.1, 0.15) is 5.76 Å². The molecule has 17 heavy (non-hydrogen) atoms. The maximum absolute atomic E-state index is 5.55. The van der Waals surface area contributed by atoms with Crippen LogP contribution < -0.4 is 5.32 Å². The van der Waals surface area contributed by atoms with Crippen LogP contribution >= 0.6 is 0 Å². The van der Waals surface area contributed by atoms with E-state index in [1.165, 1.54) is 12.8 Å². The Kier molecular flexibility index (Phi) is 4.24. The van der Waals surface area contributed by atoms with Crippen LogP contribution in [0, 0.1) is 0 Å². The third-order valence-electron chi connectivity index (χ3n) is 3.96. The molecule has 2 rings (SSSR count). The summed E-state index contributed by atoms with van der Waals surface area (Å²) in [6.07, 6.45) is 4.15. The second kappa shape index (κ2) is 5.69. The number of furan rings is 1. The summed E-state index contributed by atoms with van der Waals surface area (Å²) in [5.74, 6) is 1.08. The van der Waals surface area contributed by atoms with E-state index in [0.717, 1.165) is 18.8 Å². The van der Waals surface area contributed by atoms with Gasteiger partial charge in [0.15, 0.2) is 0 Å². The highest BCUT2D eigenvalue weighted by atomic mass is 16.3. The van der Waals surface area contributed by atoms with Crippen molar-refractivity contribution in [2.45, 2.75) is 51.7 Å². The van der Waals surface area contributed by atoms with E-state index in [1.807, 2.05) is 6.07 Å². The zero-order valence-corrected chi connectivity index (χ0v) is 11.1. The van der Waals surface area contributed by atoms with Gasteiger partial charge in [-0.3, -0.25) is 4.90 Å². The lowest BCUT2D eigenvalue weighted by Gasteiger charge is -2.42. The summed E-state index contributed by atoms with van der Waals surface area (Å²) >= 11 is 0. The van der Waals surface area contributed by atoms with Crippen molar-refractivity contribution in [2.75, 3.05) is 13.1 Å². The molecule has 3 heteroatoms. The van der Waals surface area contributed by atoms with Crippen molar-refractivity contribution < 1.29 is 4.42 Å². The van der Waals surface area contributed by atoms with E-state index in [0.29, 0.717) is 18.1 Å². The Morgan fingerprint density at radius 3 is 2.88 bits per heavy atom. The first-order chi connectivity index (χ1) is 8.26. The molecule has 0 radical (unpaired) electrons. The van der Waals surface area contributed by atoms with Crippen molar-refractivity contribution in [3.05, 3.63) is 24.2 Å². The first-order valence-corrected chi connectivity index (χ1v) is 6.78. The SMILES string of the molecule is CCC1CN(C(C)c2ccco2)C(CC)CN1. The van der Waals surface area contributed by atoms with E-state index < -0.39 is 0 Å². The number of rotatable bonds is 4. The Morgan fingerprint density at radius 1 is 1.47 bits per heavy atom. The fraction of sp³-hybridized carbons (Fsp3) is 0.714. The molecule has 0 aromatic carbocycles. The summed E-state index contributed by atoms with van der Waals surface area (Å²) in [5, 5.41) is 3.63. The largest absolute Gasteiger partial charge is 0.468 e. The summed E-state index contributed by atoms with van der Waals surface area (Å²) in [4.78, 5) is 2.59. The van der Waals surface area contributed by atoms with E-state index in [4.69, 9.17) is 4.42 Å². The van der Waals surface area contributed by atoms with Gasteiger partial charge in [0.2, 0.25) is 0 Å². The lowest BCUT2D eigenvalue weighted by molar-refractivity contribution is 0.0749. The van der Waals surface area contributed by atoms with Gasteiger partial charge in [-0.25, -0.2) is 0 Å². The van der Waals surface area contributed by atoms with Crippen molar-refractivity contribution in [3.63, 3.8) is 0 Å². The minimum Gasteiger partial charge on any atom is -0.468 e. The standard InChI is InChI=1S/C14H24N2O/c1-4-12-10-16(13(5-2)9-15-12)11(3)14-7-6-8-17-14/h6-8,11-13,15H,4-5,9-10H2,1-3H3. The summed E-state index contributed by atoms with van der Waals surface area (Å²) in [6, 6.07) is 5.69. The Morgan fingerprint density at radius 2 is 2.29 bits per heavy atom. The van der Waals surface area contributed by atoms with Gasteiger partial charge in [-0.05, 0) is 31.9 Å². The molecular weight excluding hydrogens is 212 g/mol. The van der Waals surface area contributed by atoms with Crippen molar-refractivity contribution in [1.29, 1.82) is 0 Å². The molecule has 1 aliphatic heterocycles. The molecule has 0 aliphatic carbocycles. The van der Waals surface area contributed by atoms with Gasteiger partial charge in [0, 0.05) is 25.2 Å². The molecule has 0 saturated carbocycles. The predicted molar refractivity (Wildman–Crippen MR) is 70.0 cm³/mol. The number of nitrogens with zero attached hydrogens (tertiary/aromatic N) is 1. The Bertz CT molecular complexity index is 323. The molecule has 3 nitrogen and oxygen atoms in total. The third-order valence-corrected chi connectivity index (χ3v) is 3.96. The molecule has 3 unspecified atom stereocenters. The fourth-order valence-corrected chi connectivity index (χ4v) is 2.71. The average Bonchev–Trinajstić information content (AvgIpc) is 2.91. The topological polar surface area (TPSA) is 28.4 Å². The van der Waals surface area contributed by atoms with Crippen molar-refractivity contribution >= 4 is 0 Å². The maximum Gasteiger partial charge on any atom is 0.120 e. The molecule has 1 N–H and O–H groups in total. The molecule has 0 bridgehead atoms. The molecule has 96 valence electrons. The maximum atomic E-state index is 5.55. The van der Waals surface area contributed by atoms with Crippen LogP contribution in [0.15, 0.2) is 22.8 Å². The Labute approximate surface area is 104 Å². The van der Waals surface area contributed by atoms with E-state index in [9.17, 15) is 0 Å². The van der Waals surface area contributed by atoms with E-state index >= 15 is 0 Å². The number of piperazine rings is 1. The predicted octanol–water partition coefficient (Wildman–Crippen LogP) is 2.80. The number of hydrogen-bond donors (Lipinski definition) is 1. The Hall–Kier alpha value is -0.800. The highest BCUT2D eigenvalue weighted by Crippen LogP contribution is 2.26. The minimum atomic E-state index is 0.381. The van der Waals surface area contributed by atoms with E-state index in [1.54, 1.807) is 6.26 Å². The second-order valence-electron chi connectivity index (χ2n) is 4.96. The lowest BCUT2D eigenvalue weighted by atomic mass is 10.0. The molecule has 1 aromatic rings. The molecule has 1 saturated heterocycles. The van der Waals surface area contributed by atoms with Crippen LogP contribution in [0.4, 0.5) is 0 Å². The van der Waals surface area contributed by atoms with Crippen LogP contribution in [0.3, 0.4) is 0 Å². The van der Waals surface area contributed by atoms with Gasteiger partial charge in [0.05, 0.1) is 12.3 Å². The quantitative estimate of drug-likeness (QED) is 0.871. The molecule has 2 heterocycles.